The van der Waals surface area contributed by atoms with Gasteiger partial charge in [0.25, 0.3) is 0 Å². The Hall–Kier alpha value is -1.35. The third-order valence-corrected chi connectivity index (χ3v) is 3.67. The molecule has 0 aromatic heterocycles. The summed E-state index contributed by atoms with van der Waals surface area (Å²) in [5.74, 6) is -0.797. The molecule has 0 bridgehead atoms. The zero-order chi connectivity index (χ0) is 12.3. The maximum absolute atomic E-state index is 11.1. The summed E-state index contributed by atoms with van der Waals surface area (Å²) in [7, 11) is 0. The monoisotopic (exact) mass is 233 g/mol. The molecule has 1 aliphatic carbocycles. The molecule has 0 radical (unpaired) electrons. The zero-order valence-corrected chi connectivity index (χ0v) is 9.93. The predicted octanol–water partition coefficient (Wildman–Crippen LogP) is 2.47. The van der Waals surface area contributed by atoms with Crippen LogP contribution in [0.3, 0.4) is 0 Å². The quantitative estimate of drug-likeness (QED) is 0.839. The van der Waals surface area contributed by atoms with Gasteiger partial charge in [-0.3, -0.25) is 4.79 Å². The van der Waals surface area contributed by atoms with Crippen LogP contribution in [0.1, 0.15) is 48.6 Å². The van der Waals surface area contributed by atoms with Gasteiger partial charge in [0, 0.05) is 6.54 Å². The summed E-state index contributed by atoms with van der Waals surface area (Å²) in [5, 5.41) is 9.10. The van der Waals surface area contributed by atoms with Gasteiger partial charge in [0.1, 0.15) is 0 Å². The van der Waals surface area contributed by atoms with Crippen LogP contribution >= 0.6 is 0 Å². The number of nitrogens with two attached hydrogens (primary N) is 1. The van der Waals surface area contributed by atoms with Crippen molar-refractivity contribution in [2.75, 3.05) is 6.54 Å². The molecule has 0 heterocycles. The van der Waals surface area contributed by atoms with Gasteiger partial charge in [-0.05, 0) is 29.9 Å². The van der Waals surface area contributed by atoms with E-state index in [1.54, 1.807) is 0 Å². The lowest BCUT2D eigenvalue weighted by atomic mass is 9.91. The molecule has 1 saturated carbocycles. The summed E-state index contributed by atoms with van der Waals surface area (Å²) in [5.41, 5.74) is 7.64. The summed E-state index contributed by atoms with van der Waals surface area (Å²) in [6.45, 7) is 0.156. The van der Waals surface area contributed by atoms with E-state index in [1.165, 1.54) is 31.2 Å². The molecule has 17 heavy (non-hydrogen) atoms. The van der Waals surface area contributed by atoms with Crippen LogP contribution in [0.15, 0.2) is 24.3 Å². The van der Waals surface area contributed by atoms with E-state index in [-0.39, 0.29) is 6.54 Å². The minimum absolute atomic E-state index is 0.156. The van der Waals surface area contributed by atoms with Gasteiger partial charge < -0.3 is 10.8 Å². The van der Waals surface area contributed by atoms with E-state index in [2.05, 4.69) is 6.07 Å². The molecule has 0 saturated heterocycles. The third-order valence-electron chi connectivity index (χ3n) is 3.67. The van der Waals surface area contributed by atoms with Crippen LogP contribution in [-0.4, -0.2) is 17.6 Å². The largest absolute Gasteiger partial charge is 0.481 e. The Bertz CT molecular complexity index is 397. The van der Waals surface area contributed by atoms with Crippen LogP contribution in [0, 0.1) is 0 Å². The topological polar surface area (TPSA) is 63.3 Å². The summed E-state index contributed by atoms with van der Waals surface area (Å²) in [4.78, 5) is 11.1. The SMILES string of the molecule is NCC(C(=O)O)c1cccc(C2CCCC2)c1. The maximum atomic E-state index is 11.1. The van der Waals surface area contributed by atoms with E-state index < -0.39 is 11.9 Å². The number of hydrogen-bond acceptors (Lipinski definition) is 2. The van der Waals surface area contributed by atoms with Gasteiger partial charge in [0.05, 0.1) is 5.92 Å². The highest BCUT2D eigenvalue weighted by molar-refractivity contribution is 5.76. The normalized spacial score (nSPS) is 18.2. The number of hydrogen-bond donors (Lipinski definition) is 2. The first kappa shape index (κ1) is 12.1. The van der Waals surface area contributed by atoms with E-state index >= 15 is 0 Å². The van der Waals surface area contributed by atoms with Crippen LogP contribution in [0.2, 0.25) is 0 Å². The van der Waals surface area contributed by atoms with Gasteiger partial charge in [0.15, 0.2) is 0 Å². The van der Waals surface area contributed by atoms with Crippen LogP contribution in [-0.2, 0) is 4.79 Å². The Kier molecular flexibility index (Phi) is 3.79. The molecule has 3 heteroatoms. The van der Waals surface area contributed by atoms with E-state index in [9.17, 15) is 4.79 Å². The average Bonchev–Trinajstić information content (AvgIpc) is 2.83. The van der Waals surface area contributed by atoms with Gasteiger partial charge in [-0.25, -0.2) is 0 Å². The molecule has 1 aromatic rings. The van der Waals surface area contributed by atoms with Crippen molar-refractivity contribution in [1.82, 2.24) is 0 Å². The van der Waals surface area contributed by atoms with E-state index in [4.69, 9.17) is 10.8 Å². The average molecular weight is 233 g/mol. The molecule has 3 nitrogen and oxygen atoms in total. The summed E-state index contributed by atoms with van der Waals surface area (Å²) in [6, 6.07) is 7.95. The van der Waals surface area contributed by atoms with E-state index in [1.807, 2.05) is 18.2 Å². The molecule has 1 fully saturated rings. The van der Waals surface area contributed by atoms with Gasteiger partial charge in [-0.15, -0.1) is 0 Å². The van der Waals surface area contributed by atoms with Crippen molar-refractivity contribution in [2.24, 2.45) is 5.73 Å². The number of carboxylic acid groups (broad SMARTS) is 1. The Morgan fingerprint density at radius 1 is 1.41 bits per heavy atom. The van der Waals surface area contributed by atoms with Crippen molar-refractivity contribution in [2.45, 2.75) is 37.5 Å². The van der Waals surface area contributed by atoms with Gasteiger partial charge in [-0.1, -0.05) is 37.1 Å². The molecule has 0 amide bonds. The number of aliphatic carboxylic acids is 1. The van der Waals surface area contributed by atoms with Crippen molar-refractivity contribution < 1.29 is 9.90 Å². The zero-order valence-electron chi connectivity index (χ0n) is 9.93. The molecule has 0 spiro atoms. The fourth-order valence-electron chi connectivity index (χ4n) is 2.67. The van der Waals surface area contributed by atoms with Crippen molar-refractivity contribution in [3.63, 3.8) is 0 Å². The highest BCUT2D eigenvalue weighted by Crippen LogP contribution is 2.34. The molecular weight excluding hydrogens is 214 g/mol. The Balaban J connectivity index is 2.23. The lowest BCUT2D eigenvalue weighted by Gasteiger charge is -2.14. The highest BCUT2D eigenvalue weighted by atomic mass is 16.4. The van der Waals surface area contributed by atoms with Crippen molar-refractivity contribution in [3.8, 4) is 0 Å². The highest BCUT2D eigenvalue weighted by Gasteiger charge is 2.21. The molecule has 1 aromatic carbocycles. The molecule has 1 atom stereocenters. The first-order valence-electron chi connectivity index (χ1n) is 6.25. The fraction of sp³-hybridized carbons (Fsp3) is 0.500. The molecule has 0 aliphatic heterocycles. The van der Waals surface area contributed by atoms with Crippen LogP contribution < -0.4 is 5.73 Å². The summed E-state index contributed by atoms with van der Waals surface area (Å²) >= 11 is 0. The second-order valence-corrected chi connectivity index (χ2v) is 4.78. The lowest BCUT2D eigenvalue weighted by molar-refractivity contribution is -0.138. The first-order valence-corrected chi connectivity index (χ1v) is 6.25. The molecule has 2 rings (SSSR count). The molecule has 3 N–H and O–H groups in total. The lowest BCUT2D eigenvalue weighted by Crippen LogP contribution is -2.21. The van der Waals surface area contributed by atoms with Gasteiger partial charge in [0.2, 0.25) is 0 Å². The summed E-state index contributed by atoms with van der Waals surface area (Å²) < 4.78 is 0. The third kappa shape index (κ3) is 2.67. The second-order valence-electron chi connectivity index (χ2n) is 4.78. The van der Waals surface area contributed by atoms with E-state index in [0.29, 0.717) is 5.92 Å². The molecular formula is C14H19NO2. The van der Waals surface area contributed by atoms with Crippen molar-refractivity contribution in [3.05, 3.63) is 35.4 Å². The van der Waals surface area contributed by atoms with E-state index in [0.717, 1.165) is 5.56 Å². The molecule has 1 unspecified atom stereocenters. The minimum Gasteiger partial charge on any atom is -0.481 e. The Morgan fingerprint density at radius 2 is 2.12 bits per heavy atom. The van der Waals surface area contributed by atoms with Crippen LogP contribution in [0.5, 0.6) is 0 Å². The standard InChI is InChI=1S/C14H19NO2/c15-9-13(14(16)17)12-7-3-6-11(8-12)10-4-1-2-5-10/h3,6-8,10,13H,1-2,4-5,9,15H2,(H,16,17). The Morgan fingerprint density at radius 3 is 2.71 bits per heavy atom. The fourth-order valence-corrected chi connectivity index (χ4v) is 2.67. The minimum atomic E-state index is -0.837. The summed E-state index contributed by atoms with van der Waals surface area (Å²) in [6.07, 6.45) is 5.02. The number of carbonyl (C=O) groups is 1. The van der Waals surface area contributed by atoms with Crippen LogP contribution in [0.25, 0.3) is 0 Å². The van der Waals surface area contributed by atoms with Gasteiger partial charge in [-0.2, -0.15) is 0 Å². The second kappa shape index (κ2) is 5.32. The number of rotatable bonds is 4. The van der Waals surface area contributed by atoms with Crippen molar-refractivity contribution >= 4 is 5.97 Å². The predicted molar refractivity (Wildman–Crippen MR) is 67.1 cm³/mol. The van der Waals surface area contributed by atoms with Crippen LogP contribution in [0.4, 0.5) is 0 Å². The maximum Gasteiger partial charge on any atom is 0.312 e. The Labute approximate surface area is 102 Å². The molecule has 1 aliphatic rings. The smallest absolute Gasteiger partial charge is 0.312 e. The molecule has 92 valence electrons. The van der Waals surface area contributed by atoms with Crippen molar-refractivity contribution in [1.29, 1.82) is 0 Å². The number of carboxylic acids is 1. The van der Waals surface area contributed by atoms with Gasteiger partial charge >= 0.3 is 5.97 Å². The number of benzene rings is 1. The first-order chi connectivity index (χ1) is 8.22.